The average Bonchev–Trinajstić information content (AvgIpc) is 2.94. The first-order valence-electron chi connectivity index (χ1n) is 12.5. The summed E-state index contributed by atoms with van der Waals surface area (Å²) in [5.74, 6) is 0.262. The number of amides is 2. The Kier molecular flexibility index (Phi) is 7.14. The van der Waals surface area contributed by atoms with Crippen molar-refractivity contribution in [1.82, 2.24) is 15.1 Å². The number of nitrogens with one attached hydrogen (secondary N) is 1. The molecule has 0 spiro atoms. The van der Waals surface area contributed by atoms with Gasteiger partial charge < -0.3 is 14.6 Å². The van der Waals surface area contributed by atoms with E-state index < -0.39 is 0 Å². The van der Waals surface area contributed by atoms with Crippen molar-refractivity contribution in [3.05, 3.63) is 106 Å². The van der Waals surface area contributed by atoms with Gasteiger partial charge >= 0.3 is 0 Å². The fourth-order valence-corrected chi connectivity index (χ4v) is 4.68. The van der Waals surface area contributed by atoms with Crippen LogP contribution in [0, 0.1) is 6.92 Å². The maximum Gasteiger partial charge on any atom is 0.257 e. The van der Waals surface area contributed by atoms with Crippen molar-refractivity contribution in [3.8, 4) is 11.3 Å². The largest absolute Gasteiger partial charge is 0.455 e. The molecule has 0 radical (unpaired) electrons. The highest BCUT2D eigenvalue weighted by atomic mass is 16.3. The highest BCUT2D eigenvalue weighted by Crippen LogP contribution is 2.28. The number of hydrogen-bond donors (Lipinski definition) is 1. The molecule has 1 N–H and O–H groups in total. The highest BCUT2D eigenvalue weighted by Gasteiger charge is 2.26. The number of hydrogen-bond acceptors (Lipinski definition) is 5. The molecule has 7 heteroatoms. The molecule has 1 aliphatic rings. The Morgan fingerprint density at radius 1 is 0.865 bits per heavy atom. The zero-order chi connectivity index (χ0) is 25.8. The Hall–Kier alpha value is -4.23. The molecule has 2 heterocycles. The lowest BCUT2D eigenvalue weighted by Gasteiger charge is -2.34. The fourth-order valence-electron chi connectivity index (χ4n) is 4.68. The molecule has 1 aliphatic heterocycles. The van der Waals surface area contributed by atoms with Gasteiger partial charge in [0, 0.05) is 43.9 Å². The first-order chi connectivity index (χ1) is 18.0. The van der Waals surface area contributed by atoms with Crippen LogP contribution in [0.2, 0.25) is 0 Å². The Balaban J connectivity index is 1.28. The fraction of sp³-hybridized carbons (Fsp3) is 0.233. The number of carbonyl (C=O) groups is 2. The minimum absolute atomic E-state index is 0.0386. The second kappa shape index (κ2) is 10.8. The standard InChI is InChI=1S/C30H29N3O4/c1-21-27(35)24-13-8-14-25(29(24)37-28(21)23-11-6-3-7-12-23)30(36)33-17-15-32(16-18-33)20-26(34)31-19-22-9-4-2-5-10-22/h2-14H,15-20H2,1H3,(H,31,34). The summed E-state index contributed by atoms with van der Waals surface area (Å²) in [7, 11) is 0. The Bertz CT molecular complexity index is 1470. The number of benzene rings is 3. The summed E-state index contributed by atoms with van der Waals surface area (Å²) in [6.45, 7) is 4.69. The van der Waals surface area contributed by atoms with Gasteiger partial charge in [0.05, 0.1) is 17.5 Å². The van der Waals surface area contributed by atoms with Crippen LogP contribution in [-0.2, 0) is 11.3 Å². The molecule has 0 aliphatic carbocycles. The molecule has 0 unspecified atom stereocenters. The summed E-state index contributed by atoms with van der Waals surface area (Å²) >= 11 is 0. The second-order valence-corrected chi connectivity index (χ2v) is 9.26. The van der Waals surface area contributed by atoms with Crippen LogP contribution < -0.4 is 10.7 Å². The molecule has 1 aromatic heterocycles. The molecule has 2 amide bonds. The van der Waals surface area contributed by atoms with Crippen molar-refractivity contribution in [1.29, 1.82) is 0 Å². The van der Waals surface area contributed by atoms with Crippen molar-refractivity contribution in [3.63, 3.8) is 0 Å². The van der Waals surface area contributed by atoms with Crippen LogP contribution in [0.25, 0.3) is 22.3 Å². The van der Waals surface area contributed by atoms with Crippen LogP contribution >= 0.6 is 0 Å². The van der Waals surface area contributed by atoms with Gasteiger partial charge in [0.2, 0.25) is 5.91 Å². The minimum Gasteiger partial charge on any atom is -0.455 e. The van der Waals surface area contributed by atoms with Crippen molar-refractivity contribution < 1.29 is 14.0 Å². The van der Waals surface area contributed by atoms with Crippen molar-refractivity contribution in [2.75, 3.05) is 32.7 Å². The highest BCUT2D eigenvalue weighted by molar-refractivity contribution is 6.05. The molecule has 4 aromatic rings. The predicted molar refractivity (Wildman–Crippen MR) is 143 cm³/mol. The van der Waals surface area contributed by atoms with E-state index in [-0.39, 0.29) is 23.8 Å². The lowest BCUT2D eigenvalue weighted by molar-refractivity contribution is -0.122. The van der Waals surface area contributed by atoms with Crippen LogP contribution in [0.15, 0.2) is 88.1 Å². The van der Waals surface area contributed by atoms with Gasteiger partial charge in [-0.3, -0.25) is 19.3 Å². The molecule has 37 heavy (non-hydrogen) atoms. The predicted octanol–water partition coefficient (Wildman–Crippen LogP) is 3.84. The van der Waals surface area contributed by atoms with Crippen molar-refractivity contribution in [2.24, 2.45) is 0 Å². The van der Waals surface area contributed by atoms with Crippen LogP contribution in [0.1, 0.15) is 21.5 Å². The third-order valence-corrected chi connectivity index (χ3v) is 6.77. The molecule has 5 rings (SSSR count). The topological polar surface area (TPSA) is 82.9 Å². The van der Waals surface area contributed by atoms with Gasteiger partial charge in [-0.1, -0.05) is 66.7 Å². The van der Waals surface area contributed by atoms with Crippen LogP contribution in [-0.4, -0.2) is 54.3 Å². The van der Waals surface area contributed by atoms with Gasteiger partial charge in [-0.05, 0) is 24.6 Å². The number of piperazine rings is 1. The first kappa shape index (κ1) is 24.5. The number of fused-ring (bicyclic) bond motifs is 1. The summed E-state index contributed by atoms with van der Waals surface area (Å²) in [5, 5.41) is 3.35. The second-order valence-electron chi connectivity index (χ2n) is 9.26. The normalized spacial score (nSPS) is 14.0. The summed E-state index contributed by atoms with van der Waals surface area (Å²) < 4.78 is 6.23. The van der Waals surface area contributed by atoms with E-state index >= 15 is 0 Å². The Labute approximate surface area is 215 Å². The molecular weight excluding hydrogens is 466 g/mol. The van der Waals surface area contributed by atoms with Gasteiger partial charge in [0.15, 0.2) is 11.0 Å². The van der Waals surface area contributed by atoms with E-state index in [1.165, 1.54) is 0 Å². The number of rotatable bonds is 6. The SMILES string of the molecule is Cc1c(-c2ccccc2)oc2c(C(=O)N3CCN(CC(=O)NCc4ccccc4)CC3)cccc2c1=O. The maximum absolute atomic E-state index is 13.5. The summed E-state index contributed by atoms with van der Waals surface area (Å²) in [6, 6.07) is 24.4. The van der Waals surface area contributed by atoms with Gasteiger partial charge in [-0.25, -0.2) is 0 Å². The van der Waals surface area contributed by atoms with E-state index in [0.717, 1.165) is 11.1 Å². The van der Waals surface area contributed by atoms with E-state index in [4.69, 9.17) is 4.42 Å². The van der Waals surface area contributed by atoms with E-state index in [2.05, 4.69) is 5.32 Å². The molecule has 7 nitrogen and oxygen atoms in total. The zero-order valence-corrected chi connectivity index (χ0v) is 20.8. The lowest BCUT2D eigenvalue weighted by atomic mass is 10.0. The minimum atomic E-state index is -0.176. The first-order valence-corrected chi connectivity index (χ1v) is 12.5. The maximum atomic E-state index is 13.5. The molecule has 0 saturated carbocycles. The molecule has 1 saturated heterocycles. The number of carbonyl (C=O) groups excluding carboxylic acids is 2. The van der Waals surface area contributed by atoms with Crippen LogP contribution in [0.5, 0.6) is 0 Å². The van der Waals surface area contributed by atoms with Gasteiger partial charge in [-0.15, -0.1) is 0 Å². The van der Waals surface area contributed by atoms with Gasteiger partial charge in [-0.2, -0.15) is 0 Å². The van der Waals surface area contributed by atoms with Gasteiger partial charge in [0.1, 0.15) is 5.76 Å². The molecule has 0 bridgehead atoms. The number of nitrogens with zero attached hydrogens (tertiary/aromatic N) is 2. The lowest BCUT2D eigenvalue weighted by Crippen LogP contribution is -2.51. The molecule has 188 valence electrons. The third kappa shape index (κ3) is 5.32. The monoisotopic (exact) mass is 495 g/mol. The smallest absolute Gasteiger partial charge is 0.257 e. The Morgan fingerprint density at radius 2 is 1.54 bits per heavy atom. The van der Waals surface area contributed by atoms with Crippen LogP contribution in [0.3, 0.4) is 0 Å². The molecular formula is C30H29N3O4. The third-order valence-electron chi connectivity index (χ3n) is 6.77. The van der Waals surface area contributed by atoms with E-state index in [9.17, 15) is 14.4 Å². The van der Waals surface area contributed by atoms with E-state index in [0.29, 0.717) is 60.6 Å². The van der Waals surface area contributed by atoms with E-state index in [1.807, 2.05) is 65.6 Å². The summed E-state index contributed by atoms with van der Waals surface area (Å²) in [5.41, 5.74) is 2.91. The quantitative estimate of drug-likeness (QED) is 0.440. The van der Waals surface area contributed by atoms with Crippen molar-refractivity contribution in [2.45, 2.75) is 13.5 Å². The summed E-state index contributed by atoms with van der Waals surface area (Å²) in [6.07, 6.45) is 0. The molecule has 0 atom stereocenters. The van der Waals surface area contributed by atoms with Crippen LogP contribution in [0.4, 0.5) is 0 Å². The average molecular weight is 496 g/mol. The molecule has 3 aromatic carbocycles. The van der Waals surface area contributed by atoms with Crippen molar-refractivity contribution >= 4 is 22.8 Å². The summed E-state index contributed by atoms with van der Waals surface area (Å²) in [4.78, 5) is 42.9. The zero-order valence-electron chi connectivity index (χ0n) is 20.8. The van der Waals surface area contributed by atoms with Gasteiger partial charge in [0.25, 0.3) is 5.91 Å². The molecule has 1 fully saturated rings. The van der Waals surface area contributed by atoms with E-state index in [1.54, 1.807) is 30.0 Å². The Morgan fingerprint density at radius 3 is 2.24 bits per heavy atom. The number of para-hydroxylation sites is 1.